The molecule has 0 heterocycles. The highest BCUT2D eigenvalue weighted by Gasteiger charge is 2.11. The van der Waals surface area contributed by atoms with E-state index in [1.54, 1.807) is 0 Å². The molecule has 0 radical (unpaired) electrons. The van der Waals surface area contributed by atoms with Crippen molar-refractivity contribution in [1.29, 1.82) is 0 Å². The van der Waals surface area contributed by atoms with Gasteiger partial charge in [-0.3, -0.25) is 0 Å². The van der Waals surface area contributed by atoms with Gasteiger partial charge in [-0.2, -0.15) is 0 Å². The molecule has 0 aliphatic carbocycles. The van der Waals surface area contributed by atoms with Crippen molar-refractivity contribution < 1.29 is 0 Å². The molecule has 0 aliphatic rings. The molecule has 96 valence electrons. The Morgan fingerprint density at radius 2 is 1.62 bits per heavy atom. The second-order valence-electron chi connectivity index (χ2n) is 5.78. The summed E-state index contributed by atoms with van der Waals surface area (Å²) in [5.41, 5.74) is 0. The second kappa shape index (κ2) is 9.93. The number of hydrogen-bond acceptors (Lipinski definition) is 0. The monoisotopic (exact) mass is 224 g/mol. The van der Waals surface area contributed by atoms with Crippen LogP contribution < -0.4 is 0 Å². The van der Waals surface area contributed by atoms with E-state index in [2.05, 4.69) is 40.3 Å². The Hall–Kier alpha value is -0.260. The fourth-order valence-corrected chi connectivity index (χ4v) is 2.31. The Morgan fingerprint density at radius 1 is 1.00 bits per heavy atom. The van der Waals surface area contributed by atoms with Crippen molar-refractivity contribution >= 4 is 0 Å². The highest BCUT2D eigenvalue weighted by atomic mass is 14.2. The normalized spacial score (nSPS) is 15.1. The van der Waals surface area contributed by atoms with Gasteiger partial charge in [0.25, 0.3) is 0 Å². The maximum Gasteiger partial charge on any atom is -0.0262 e. The van der Waals surface area contributed by atoms with Crippen LogP contribution in [0.2, 0.25) is 0 Å². The number of hydrogen-bond donors (Lipinski definition) is 0. The lowest BCUT2D eigenvalue weighted by molar-refractivity contribution is 0.349. The van der Waals surface area contributed by atoms with Crippen molar-refractivity contribution in [3.05, 3.63) is 12.7 Å². The van der Waals surface area contributed by atoms with Gasteiger partial charge in [0.15, 0.2) is 0 Å². The molecule has 0 rings (SSSR count). The lowest BCUT2D eigenvalue weighted by Crippen LogP contribution is -2.06. The van der Waals surface area contributed by atoms with E-state index >= 15 is 0 Å². The van der Waals surface area contributed by atoms with E-state index in [9.17, 15) is 0 Å². The third-order valence-electron chi connectivity index (χ3n) is 3.47. The molecule has 0 aromatic carbocycles. The SMILES string of the molecule is C=CC(C)CC(CCCC)CCCC(C)C. The summed E-state index contributed by atoms with van der Waals surface area (Å²) in [5.74, 6) is 2.50. The third-order valence-corrected chi connectivity index (χ3v) is 3.47. The van der Waals surface area contributed by atoms with Crippen molar-refractivity contribution in [3.63, 3.8) is 0 Å². The summed E-state index contributed by atoms with van der Waals surface area (Å²) < 4.78 is 0. The lowest BCUT2D eigenvalue weighted by Gasteiger charge is -2.19. The van der Waals surface area contributed by atoms with Crippen LogP contribution in [-0.2, 0) is 0 Å². The van der Waals surface area contributed by atoms with Gasteiger partial charge in [-0.05, 0) is 24.2 Å². The Bertz CT molecular complexity index is 157. The van der Waals surface area contributed by atoms with Gasteiger partial charge in [-0.25, -0.2) is 0 Å². The lowest BCUT2D eigenvalue weighted by atomic mass is 9.87. The summed E-state index contributed by atoms with van der Waals surface area (Å²) in [5, 5.41) is 0. The van der Waals surface area contributed by atoms with Crippen LogP contribution in [0.25, 0.3) is 0 Å². The van der Waals surface area contributed by atoms with E-state index in [0.717, 1.165) is 11.8 Å². The molecule has 0 N–H and O–H groups in total. The molecule has 0 nitrogen and oxygen atoms in total. The van der Waals surface area contributed by atoms with E-state index in [1.165, 1.54) is 44.9 Å². The average Bonchev–Trinajstić information content (AvgIpc) is 2.24. The Kier molecular flexibility index (Phi) is 9.77. The highest BCUT2D eigenvalue weighted by molar-refractivity contribution is 4.77. The Morgan fingerprint density at radius 3 is 2.12 bits per heavy atom. The number of allylic oxidation sites excluding steroid dienone is 1. The molecule has 0 spiro atoms. The van der Waals surface area contributed by atoms with Crippen LogP contribution in [0.1, 0.15) is 72.6 Å². The van der Waals surface area contributed by atoms with Gasteiger partial charge in [0.2, 0.25) is 0 Å². The van der Waals surface area contributed by atoms with Crippen LogP contribution in [-0.4, -0.2) is 0 Å². The fraction of sp³-hybridized carbons (Fsp3) is 0.875. The summed E-state index contributed by atoms with van der Waals surface area (Å²) in [4.78, 5) is 0. The van der Waals surface area contributed by atoms with Crippen LogP contribution in [0.15, 0.2) is 12.7 Å². The summed E-state index contributed by atoms with van der Waals surface area (Å²) >= 11 is 0. The van der Waals surface area contributed by atoms with Gasteiger partial charge >= 0.3 is 0 Å². The van der Waals surface area contributed by atoms with Crippen LogP contribution in [0, 0.1) is 17.8 Å². The quantitative estimate of drug-likeness (QED) is 0.409. The van der Waals surface area contributed by atoms with Crippen molar-refractivity contribution in [2.24, 2.45) is 17.8 Å². The first-order valence-electron chi connectivity index (χ1n) is 7.22. The minimum absolute atomic E-state index is 0.695. The van der Waals surface area contributed by atoms with Crippen molar-refractivity contribution in [2.75, 3.05) is 0 Å². The van der Waals surface area contributed by atoms with Crippen LogP contribution in [0.3, 0.4) is 0 Å². The largest absolute Gasteiger partial charge is 0.103 e. The molecule has 0 saturated heterocycles. The minimum atomic E-state index is 0.695. The topological polar surface area (TPSA) is 0 Å². The second-order valence-corrected chi connectivity index (χ2v) is 5.78. The predicted molar refractivity (Wildman–Crippen MR) is 75.7 cm³/mol. The molecule has 0 aliphatic heterocycles. The van der Waals surface area contributed by atoms with E-state index in [-0.39, 0.29) is 0 Å². The Balaban J connectivity index is 3.84. The zero-order chi connectivity index (χ0) is 12.4. The maximum absolute atomic E-state index is 3.90. The van der Waals surface area contributed by atoms with E-state index in [1.807, 2.05) is 0 Å². The van der Waals surface area contributed by atoms with E-state index in [0.29, 0.717) is 5.92 Å². The van der Waals surface area contributed by atoms with Crippen LogP contribution in [0.5, 0.6) is 0 Å². The molecule has 2 atom stereocenters. The van der Waals surface area contributed by atoms with Gasteiger partial charge in [0.05, 0.1) is 0 Å². The summed E-state index contributed by atoms with van der Waals surface area (Å²) in [6.45, 7) is 13.1. The fourth-order valence-electron chi connectivity index (χ4n) is 2.31. The number of unbranched alkanes of at least 4 members (excludes halogenated alkanes) is 1. The molecule has 0 fully saturated rings. The third kappa shape index (κ3) is 9.00. The van der Waals surface area contributed by atoms with Gasteiger partial charge in [0, 0.05) is 0 Å². The van der Waals surface area contributed by atoms with Crippen molar-refractivity contribution in [1.82, 2.24) is 0 Å². The van der Waals surface area contributed by atoms with E-state index < -0.39 is 0 Å². The molecule has 0 bridgehead atoms. The smallest absolute Gasteiger partial charge is 0.0262 e. The zero-order valence-electron chi connectivity index (χ0n) is 12.0. The van der Waals surface area contributed by atoms with E-state index in [4.69, 9.17) is 0 Å². The predicted octanol–water partition coefficient (Wildman–Crippen LogP) is 5.83. The summed E-state index contributed by atoms with van der Waals surface area (Å²) in [6.07, 6.45) is 11.9. The minimum Gasteiger partial charge on any atom is -0.103 e. The molecule has 0 heteroatoms. The van der Waals surface area contributed by atoms with Crippen molar-refractivity contribution in [3.8, 4) is 0 Å². The molecule has 0 amide bonds. The van der Waals surface area contributed by atoms with Gasteiger partial charge in [0.1, 0.15) is 0 Å². The maximum atomic E-state index is 3.90. The first-order chi connectivity index (χ1) is 7.60. The van der Waals surface area contributed by atoms with Gasteiger partial charge in [-0.1, -0.05) is 72.3 Å². The summed E-state index contributed by atoms with van der Waals surface area (Å²) in [7, 11) is 0. The molecule has 16 heavy (non-hydrogen) atoms. The molecular weight excluding hydrogens is 192 g/mol. The molecule has 0 saturated carbocycles. The first-order valence-corrected chi connectivity index (χ1v) is 7.22. The van der Waals surface area contributed by atoms with Gasteiger partial charge < -0.3 is 0 Å². The molecule has 0 aromatic heterocycles. The molecule has 0 aromatic rings. The highest BCUT2D eigenvalue weighted by Crippen LogP contribution is 2.25. The molecule has 2 unspecified atom stereocenters. The Labute approximate surface area is 104 Å². The van der Waals surface area contributed by atoms with Crippen LogP contribution >= 0.6 is 0 Å². The van der Waals surface area contributed by atoms with Crippen LogP contribution in [0.4, 0.5) is 0 Å². The zero-order valence-corrected chi connectivity index (χ0v) is 12.0. The standard InChI is InChI=1S/C16H32/c1-6-8-11-16(13-15(5)7-2)12-9-10-14(3)4/h7,14-16H,2,6,8-13H2,1,3-5H3. The number of rotatable bonds is 10. The first kappa shape index (κ1) is 15.7. The van der Waals surface area contributed by atoms with Crippen molar-refractivity contribution in [2.45, 2.75) is 72.6 Å². The average molecular weight is 224 g/mol. The molecular formula is C16H32. The summed E-state index contributed by atoms with van der Waals surface area (Å²) in [6, 6.07) is 0. The van der Waals surface area contributed by atoms with Gasteiger partial charge in [-0.15, -0.1) is 6.58 Å².